The Kier molecular flexibility index (Phi) is 7.77. The second-order valence-electron chi connectivity index (χ2n) is 6.09. The highest BCUT2D eigenvalue weighted by Crippen LogP contribution is 2.23. The van der Waals surface area contributed by atoms with E-state index in [0.29, 0.717) is 13.0 Å². The van der Waals surface area contributed by atoms with Crippen molar-refractivity contribution >= 4 is 40.4 Å². The number of hydrogen-bond donors (Lipinski definition) is 2. The maximum Gasteiger partial charge on any atom is 0.338 e. The number of hydrogen-bond acceptors (Lipinski definition) is 8. The normalized spacial score (nSPS) is 18.2. The van der Waals surface area contributed by atoms with Crippen LogP contribution in [0, 0.1) is 0 Å². The molecule has 9 heteroatoms. The average molecular weight is 406 g/mol. The van der Waals surface area contributed by atoms with Gasteiger partial charge >= 0.3 is 11.9 Å². The molecule has 1 aromatic rings. The monoisotopic (exact) mass is 406 g/mol. The zero-order valence-electron chi connectivity index (χ0n) is 15.7. The van der Waals surface area contributed by atoms with Gasteiger partial charge in [-0.2, -0.15) is 0 Å². The van der Waals surface area contributed by atoms with Crippen molar-refractivity contribution in [3.8, 4) is 0 Å². The molecule has 2 rings (SSSR count). The molecule has 2 atom stereocenters. The molecule has 1 aromatic carbocycles. The topological polar surface area (TPSA) is 111 Å². The minimum atomic E-state index is -0.655. The molecule has 1 saturated heterocycles. The van der Waals surface area contributed by atoms with E-state index in [0.717, 1.165) is 0 Å². The molecule has 1 fully saturated rings. The lowest BCUT2D eigenvalue weighted by Crippen LogP contribution is -2.35. The second kappa shape index (κ2) is 10.0. The van der Waals surface area contributed by atoms with E-state index < -0.39 is 18.0 Å². The number of anilines is 1. The number of carbonyl (C=O) groups is 4. The number of benzene rings is 1. The fourth-order valence-corrected chi connectivity index (χ4v) is 3.67. The number of carbonyl (C=O) groups excluding carboxylic acids is 4. The Morgan fingerprint density at radius 3 is 2.54 bits per heavy atom. The van der Waals surface area contributed by atoms with E-state index in [1.807, 2.05) is 0 Å². The summed E-state index contributed by atoms with van der Waals surface area (Å²) in [5.74, 6) is -1.62. The van der Waals surface area contributed by atoms with E-state index >= 15 is 0 Å². The molecule has 0 radical (unpaired) electrons. The maximum absolute atomic E-state index is 12.5. The van der Waals surface area contributed by atoms with Gasteiger partial charge in [-0.25, -0.2) is 9.59 Å². The first-order valence-corrected chi connectivity index (χ1v) is 9.45. The highest BCUT2D eigenvalue weighted by Gasteiger charge is 2.30. The fraction of sp³-hybridized carbons (Fsp3) is 0.368. The van der Waals surface area contributed by atoms with E-state index in [4.69, 9.17) is 9.47 Å². The standard InChI is InChI=1S/C19H22N2O6S/c1-4-5-27-19(25)13-6-12(18(24)26-3)7-14(8-13)21-17(23)16-9-15(10-20-16)28-11(2)22/h4,6-8,15-16,20H,1,5,9-10H2,2-3H3,(H,21,23)/t15-,16+/m1/s1. The van der Waals surface area contributed by atoms with Crippen molar-refractivity contribution in [1.29, 1.82) is 0 Å². The Balaban J connectivity index is 2.16. The van der Waals surface area contributed by atoms with Gasteiger partial charge in [0, 0.05) is 24.4 Å². The predicted molar refractivity (Wildman–Crippen MR) is 105 cm³/mol. The number of nitrogens with one attached hydrogen (secondary N) is 2. The number of thioether (sulfide) groups is 1. The molecule has 1 amide bonds. The number of amides is 1. The SMILES string of the molecule is C=CCOC(=O)c1cc(NC(=O)[C@@H]2C[C@@H](SC(C)=O)CN2)cc(C(=O)OC)c1. The van der Waals surface area contributed by atoms with Crippen molar-refractivity contribution in [3.63, 3.8) is 0 Å². The lowest BCUT2D eigenvalue weighted by atomic mass is 10.1. The number of rotatable bonds is 7. The molecule has 0 aliphatic carbocycles. The van der Waals surface area contributed by atoms with Gasteiger partial charge in [0.2, 0.25) is 5.91 Å². The van der Waals surface area contributed by atoms with Gasteiger partial charge in [-0.1, -0.05) is 24.4 Å². The van der Waals surface area contributed by atoms with Crippen LogP contribution in [0.3, 0.4) is 0 Å². The summed E-state index contributed by atoms with van der Waals surface area (Å²) < 4.78 is 9.68. The maximum atomic E-state index is 12.5. The summed E-state index contributed by atoms with van der Waals surface area (Å²) in [4.78, 5) is 47.8. The zero-order chi connectivity index (χ0) is 20.7. The lowest BCUT2D eigenvalue weighted by Gasteiger charge is -2.13. The molecular weight excluding hydrogens is 384 g/mol. The largest absolute Gasteiger partial charge is 0.465 e. The van der Waals surface area contributed by atoms with Crippen LogP contribution in [0.2, 0.25) is 0 Å². The Bertz CT molecular complexity index is 795. The van der Waals surface area contributed by atoms with Crippen LogP contribution in [0.25, 0.3) is 0 Å². The van der Waals surface area contributed by atoms with Gasteiger partial charge in [-0.15, -0.1) is 0 Å². The Morgan fingerprint density at radius 2 is 1.93 bits per heavy atom. The van der Waals surface area contributed by atoms with Crippen molar-refractivity contribution in [1.82, 2.24) is 5.32 Å². The fourth-order valence-electron chi connectivity index (χ4n) is 2.73. The zero-order valence-corrected chi connectivity index (χ0v) is 16.5. The summed E-state index contributed by atoms with van der Waals surface area (Å²) in [6.07, 6.45) is 1.92. The first-order valence-electron chi connectivity index (χ1n) is 8.57. The number of esters is 2. The molecule has 1 aliphatic rings. The van der Waals surface area contributed by atoms with Gasteiger partial charge in [-0.3, -0.25) is 9.59 Å². The van der Waals surface area contributed by atoms with Crippen LogP contribution in [0.4, 0.5) is 5.69 Å². The van der Waals surface area contributed by atoms with Crippen LogP contribution in [-0.4, -0.2) is 54.5 Å². The molecule has 8 nitrogen and oxygen atoms in total. The second-order valence-corrected chi connectivity index (χ2v) is 7.57. The summed E-state index contributed by atoms with van der Waals surface area (Å²) in [6.45, 7) is 5.53. The van der Waals surface area contributed by atoms with Crippen molar-refractivity contribution in [2.45, 2.75) is 24.6 Å². The molecule has 0 bridgehead atoms. The van der Waals surface area contributed by atoms with Gasteiger partial charge in [0.05, 0.1) is 24.3 Å². The first kappa shape index (κ1) is 21.6. The molecule has 2 N–H and O–H groups in total. The highest BCUT2D eigenvalue weighted by molar-refractivity contribution is 8.14. The predicted octanol–water partition coefficient (Wildman–Crippen LogP) is 1.76. The summed E-state index contributed by atoms with van der Waals surface area (Å²) in [5.41, 5.74) is 0.475. The van der Waals surface area contributed by atoms with E-state index in [2.05, 4.69) is 17.2 Å². The minimum absolute atomic E-state index is 0.00122. The molecule has 1 heterocycles. The van der Waals surface area contributed by atoms with E-state index in [1.165, 1.54) is 50.1 Å². The van der Waals surface area contributed by atoms with E-state index in [1.54, 1.807) is 0 Å². The third-order valence-electron chi connectivity index (χ3n) is 3.93. The molecular formula is C19H22N2O6S. The van der Waals surface area contributed by atoms with Crippen LogP contribution in [-0.2, 0) is 19.1 Å². The van der Waals surface area contributed by atoms with E-state index in [-0.39, 0.29) is 39.7 Å². The van der Waals surface area contributed by atoms with Crippen LogP contribution in [0.5, 0.6) is 0 Å². The first-order chi connectivity index (χ1) is 13.3. The number of methoxy groups -OCH3 is 1. The van der Waals surface area contributed by atoms with Gasteiger partial charge in [0.25, 0.3) is 0 Å². The molecule has 0 unspecified atom stereocenters. The van der Waals surface area contributed by atoms with Gasteiger partial charge < -0.3 is 20.1 Å². The van der Waals surface area contributed by atoms with Crippen LogP contribution >= 0.6 is 11.8 Å². The van der Waals surface area contributed by atoms with Crippen molar-refractivity contribution < 1.29 is 28.7 Å². The molecule has 1 aliphatic heterocycles. The summed E-state index contributed by atoms with van der Waals surface area (Å²) in [6, 6.07) is 3.70. The summed E-state index contributed by atoms with van der Waals surface area (Å²) >= 11 is 1.20. The third-order valence-corrected chi connectivity index (χ3v) is 4.95. The van der Waals surface area contributed by atoms with Crippen molar-refractivity contribution in [2.24, 2.45) is 0 Å². The van der Waals surface area contributed by atoms with E-state index in [9.17, 15) is 19.2 Å². The average Bonchev–Trinajstić information content (AvgIpc) is 3.13. The highest BCUT2D eigenvalue weighted by atomic mass is 32.2. The van der Waals surface area contributed by atoms with Crippen molar-refractivity contribution in [2.75, 3.05) is 25.6 Å². The van der Waals surface area contributed by atoms with Crippen molar-refractivity contribution in [3.05, 3.63) is 42.0 Å². The quantitative estimate of drug-likeness (QED) is 0.521. The third kappa shape index (κ3) is 5.93. The molecule has 0 saturated carbocycles. The summed E-state index contributed by atoms with van der Waals surface area (Å²) in [7, 11) is 1.22. The van der Waals surface area contributed by atoms with Crippen LogP contribution in [0.1, 0.15) is 34.1 Å². The molecule has 0 aromatic heterocycles. The molecule has 28 heavy (non-hydrogen) atoms. The Labute approximate surface area is 167 Å². The smallest absolute Gasteiger partial charge is 0.338 e. The summed E-state index contributed by atoms with van der Waals surface area (Å²) in [5, 5.41) is 5.79. The molecule has 0 spiro atoms. The Hall–Kier alpha value is -2.65. The van der Waals surface area contributed by atoms with Gasteiger partial charge in [0.1, 0.15) is 6.61 Å². The lowest BCUT2D eigenvalue weighted by molar-refractivity contribution is -0.117. The Morgan fingerprint density at radius 1 is 1.25 bits per heavy atom. The minimum Gasteiger partial charge on any atom is -0.465 e. The van der Waals surface area contributed by atoms with Gasteiger partial charge in [0.15, 0.2) is 5.12 Å². The van der Waals surface area contributed by atoms with Crippen LogP contribution < -0.4 is 10.6 Å². The number of ether oxygens (including phenoxy) is 2. The van der Waals surface area contributed by atoms with Crippen LogP contribution in [0.15, 0.2) is 30.9 Å². The van der Waals surface area contributed by atoms with Gasteiger partial charge in [-0.05, 0) is 24.6 Å². The molecule has 150 valence electrons.